The van der Waals surface area contributed by atoms with Crippen molar-refractivity contribution in [3.8, 4) is 0 Å². The summed E-state index contributed by atoms with van der Waals surface area (Å²) in [5.74, 6) is -0.456. The molecule has 19 heavy (non-hydrogen) atoms. The van der Waals surface area contributed by atoms with Crippen LogP contribution < -0.4 is 16.4 Å². The third-order valence-electron chi connectivity index (χ3n) is 2.51. The molecule has 1 heterocycles. The summed E-state index contributed by atoms with van der Waals surface area (Å²) in [5, 5.41) is 5.88. The second-order valence-electron chi connectivity index (χ2n) is 4.14. The lowest BCUT2D eigenvalue weighted by atomic mass is 10.2. The van der Waals surface area contributed by atoms with Crippen molar-refractivity contribution in [2.75, 3.05) is 18.4 Å². The van der Waals surface area contributed by atoms with E-state index in [1.807, 2.05) is 6.92 Å². The number of aromatic nitrogens is 1. The Bertz CT molecular complexity index is 434. The van der Waals surface area contributed by atoms with Gasteiger partial charge in [0.1, 0.15) is 5.69 Å². The van der Waals surface area contributed by atoms with Crippen molar-refractivity contribution in [1.29, 1.82) is 0 Å². The number of hydrogen-bond donors (Lipinski definition) is 3. The van der Waals surface area contributed by atoms with Crippen molar-refractivity contribution in [2.45, 2.75) is 26.2 Å². The fourth-order valence-corrected chi connectivity index (χ4v) is 1.57. The zero-order valence-corrected chi connectivity index (χ0v) is 11.1. The Labute approximate surface area is 112 Å². The highest BCUT2D eigenvalue weighted by atomic mass is 16.2. The second-order valence-corrected chi connectivity index (χ2v) is 4.14. The minimum Gasteiger partial charge on any atom is -0.385 e. The van der Waals surface area contributed by atoms with E-state index in [0.717, 1.165) is 25.1 Å². The molecular formula is C13H20N4O2. The summed E-state index contributed by atoms with van der Waals surface area (Å²) < 4.78 is 0. The number of amides is 2. The van der Waals surface area contributed by atoms with Crippen LogP contribution in [0.2, 0.25) is 0 Å². The summed E-state index contributed by atoms with van der Waals surface area (Å²) in [6, 6.07) is 3.51. The Balaban J connectivity index is 2.40. The van der Waals surface area contributed by atoms with Gasteiger partial charge in [-0.2, -0.15) is 0 Å². The molecule has 0 radical (unpaired) electrons. The van der Waals surface area contributed by atoms with Gasteiger partial charge < -0.3 is 16.4 Å². The number of unbranched alkanes of at least 4 members (excludes halogenated alkanes) is 1. The van der Waals surface area contributed by atoms with Gasteiger partial charge in [0.05, 0.1) is 0 Å². The van der Waals surface area contributed by atoms with Gasteiger partial charge in [0.2, 0.25) is 5.91 Å². The third kappa shape index (κ3) is 5.85. The molecule has 1 aromatic rings. The van der Waals surface area contributed by atoms with Crippen LogP contribution in [0.15, 0.2) is 18.3 Å². The molecule has 6 nitrogen and oxygen atoms in total. The highest BCUT2D eigenvalue weighted by molar-refractivity contribution is 5.93. The van der Waals surface area contributed by atoms with Gasteiger partial charge in [-0.1, -0.05) is 0 Å². The molecule has 1 rings (SSSR count). The number of pyridine rings is 1. The highest BCUT2D eigenvalue weighted by Crippen LogP contribution is 2.08. The van der Waals surface area contributed by atoms with Crippen molar-refractivity contribution in [1.82, 2.24) is 10.3 Å². The van der Waals surface area contributed by atoms with Crippen molar-refractivity contribution >= 4 is 17.5 Å². The van der Waals surface area contributed by atoms with Gasteiger partial charge in [0, 0.05) is 31.4 Å². The summed E-state index contributed by atoms with van der Waals surface area (Å²) in [4.78, 5) is 26.2. The SMILES string of the molecule is CCNC(=O)c1cc(NCCCCC(N)=O)ccn1. The lowest BCUT2D eigenvalue weighted by Gasteiger charge is -2.07. The van der Waals surface area contributed by atoms with Crippen molar-refractivity contribution in [3.63, 3.8) is 0 Å². The normalized spacial score (nSPS) is 9.95. The molecule has 1 aromatic heterocycles. The molecular weight excluding hydrogens is 244 g/mol. The Kier molecular flexibility index (Phi) is 6.35. The third-order valence-corrected chi connectivity index (χ3v) is 2.51. The minimum absolute atomic E-state index is 0.181. The number of anilines is 1. The Morgan fingerprint density at radius 3 is 2.84 bits per heavy atom. The minimum atomic E-state index is -0.276. The molecule has 0 saturated heterocycles. The van der Waals surface area contributed by atoms with Crippen LogP contribution in [0.4, 0.5) is 5.69 Å². The molecule has 0 aliphatic rings. The van der Waals surface area contributed by atoms with Crippen LogP contribution in [0.1, 0.15) is 36.7 Å². The van der Waals surface area contributed by atoms with E-state index >= 15 is 0 Å². The van der Waals surface area contributed by atoms with Gasteiger partial charge in [-0.15, -0.1) is 0 Å². The summed E-state index contributed by atoms with van der Waals surface area (Å²) in [6.45, 7) is 3.16. The summed E-state index contributed by atoms with van der Waals surface area (Å²) in [6.07, 6.45) is 3.61. The maximum Gasteiger partial charge on any atom is 0.269 e. The van der Waals surface area contributed by atoms with Gasteiger partial charge in [0.15, 0.2) is 0 Å². The van der Waals surface area contributed by atoms with Crippen molar-refractivity contribution < 1.29 is 9.59 Å². The second kappa shape index (κ2) is 8.07. The molecule has 0 fully saturated rings. The molecule has 4 N–H and O–H groups in total. The summed E-state index contributed by atoms with van der Waals surface area (Å²) in [7, 11) is 0. The zero-order valence-electron chi connectivity index (χ0n) is 11.1. The Hall–Kier alpha value is -2.11. The van der Waals surface area contributed by atoms with E-state index in [1.165, 1.54) is 0 Å². The van der Waals surface area contributed by atoms with Gasteiger partial charge >= 0.3 is 0 Å². The number of rotatable bonds is 8. The summed E-state index contributed by atoms with van der Waals surface area (Å²) in [5.41, 5.74) is 6.29. The smallest absolute Gasteiger partial charge is 0.269 e. The number of primary amides is 1. The molecule has 0 aromatic carbocycles. The number of carbonyl (C=O) groups excluding carboxylic acids is 2. The van der Waals surface area contributed by atoms with Crippen LogP contribution in [0.3, 0.4) is 0 Å². The highest BCUT2D eigenvalue weighted by Gasteiger charge is 2.05. The quantitative estimate of drug-likeness (QED) is 0.608. The van der Waals surface area contributed by atoms with E-state index < -0.39 is 0 Å². The lowest BCUT2D eigenvalue weighted by Crippen LogP contribution is -2.23. The van der Waals surface area contributed by atoms with Crippen molar-refractivity contribution in [2.24, 2.45) is 5.73 Å². The average Bonchev–Trinajstić information content (AvgIpc) is 2.38. The van der Waals surface area contributed by atoms with Crippen LogP contribution in [0.5, 0.6) is 0 Å². The molecule has 2 amide bonds. The molecule has 0 saturated carbocycles. The first-order valence-corrected chi connectivity index (χ1v) is 6.40. The first kappa shape index (κ1) is 14.9. The van der Waals surface area contributed by atoms with E-state index in [4.69, 9.17) is 5.73 Å². The van der Waals surface area contributed by atoms with E-state index in [0.29, 0.717) is 18.7 Å². The van der Waals surface area contributed by atoms with E-state index in [-0.39, 0.29) is 11.8 Å². The largest absolute Gasteiger partial charge is 0.385 e. The molecule has 0 aliphatic heterocycles. The molecule has 0 aliphatic carbocycles. The molecule has 0 bridgehead atoms. The lowest BCUT2D eigenvalue weighted by molar-refractivity contribution is -0.118. The zero-order chi connectivity index (χ0) is 14.1. The molecule has 0 spiro atoms. The fourth-order valence-electron chi connectivity index (χ4n) is 1.57. The van der Waals surface area contributed by atoms with Gasteiger partial charge in [-0.25, -0.2) is 0 Å². The van der Waals surface area contributed by atoms with Crippen LogP contribution >= 0.6 is 0 Å². The number of nitrogens with one attached hydrogen (secondary N) is 2. The van der Waals surface area contributed by atoms with Crippen molar-refractivity contribution in [3.05, 3.63) is 24.0 Å². The predicted molar refractivity (Wildman–Crippen MR) is 73.8 cm³/mol. The number of carbonyl (C=O) groups is 2. The van der Waals surface area contributed by atoms with Crippen LogP contribution in [0, 0.1) is 0 Å². The fraction of sp³-hybridized carbons (Fsp3) is 0.462. The van der Waals surface area contributed by atoms with Crippen LogP contribution in [-0.2, 0) is 4.79 Å². The first-order valence-electron chi connectivity index (χ1n) is 6.40. The molecule has 0 atom stereocenters. The maximum atomic E-state index is 11.6. The first-order chi connectivity index (χ1) is 9.13. The van der Waals surface area contributed by atoms with Crippen LogP contribution in [-0.4, -0.2) is 29.9 Å². The average molecular weight is 264 g/mol. The molecule has 104 valence electrons. The standard InChI is InChI=1S/C13H20N4O2/c1-2-15-13(19)11-9-10(6-8-17-11)16-7-4-3-5-12(14)18/h6,8-9H,2-5,7H2,1H3,(H2,14,18)(H,15,19)(H,16,17). The summed E-state index contributed by atoms with van der Waals surface area (Å²) >= 11 is 0. The number of nitrogens with zero attached hydrogens (tertiary/aromatic N) is 1. The van der Waals surface area contributed by atoms with E-state index in [9.17, 15) is 9.59 Å². The van der Waals surface area contributed by atoms with Gasteiger partial charge in [0.25, 0.3) is 5.91 Å². The Morgan fingerprint density at radius 2 is 2.16 bits per heavy atom. The van der Waals surface area contributed by atoms with E-state index in [1.54, 1.807) is 18.3 Å². The molecule has 6 heteroatoms. The number of nitrogens with two attached hydrogens (primary N) is 1. The Morgan fingerprint density at radius 1 is 1.37 bits per heavy atom. The predicted octanol–water partition coefficient (Wildman–Crippen LogP) is 0.899. The monoisotopic (exact) mass is 264 g/mol. The van der Waals surface area contributed by atoms with Gasteiger partial charge in [-0.05, 0) is 31.9 Å². The van der Waals surface area contributed by atoms with Gasteiger partial charge in [-0.3, -0.25) is 14.6 Å². The van der Waals surface area contributed by atoms with E-state index in [2.05, 4.69) is 15.6 Å². The topological polar surface area (TPSA) is 97.1 Å². The number of hydrogen-bond acceptors (Lipinski definition) is 4. The molecule has 0 unspecified atom stereocenters. The van der Waals surface area contributed by atoms with Crippen LogP contribution in [0.25, 0.3) is 0 Å². The maximum absolute atomic E-state index is 11.6.